The molecule has 5 heteroatoms. The minimum absolute atomic E-state index is 0.111. The van der Waals surface area contributed by atoms with E-state index in [1.54, 1.807) is 4.90 Å². The Morgan fingerprint density at radius 1 is 1.47 bits per heavy atom. The summed E-state index contributed by atoms with van der Waals surface area (Å²) in [5.41, 5.74) is 6.90. The molecule has 88 valence electrons. The van der Waals surface area contributed by atoms with E-state index in [0.29, 0.717) is 12.4 Å². The predicted molar refractivity (Wildman–Crippen MR) is 62.3 cm³/mol. The van der Waals surface area contributed by atoms with Gasteiger partial charge in [0.25, 0.3) is 0 Å². The Kier molecular flexibility index (Phi) is 2.24. The molecule has 2 N–H and O–H groups in total. The molecule has 1 aliphatic rings. The van der Waals surface area contributed by atoms with Crippen LogP contribution in [0.1, 0.15) is 24.8 Å². The number of carbonyl (C=O) groups is 1. The van der Waals surface area contributed by atoms with Crippen molar-refractivity contribution in [3.05, 3.63) is 30.2 Å². The van der Waals surface area contributed by atoms with Crippen molar-refractivity contribution < 1.29 is 9.21 Å². The van der Waals surface area contributed by atoms with E-state index in [4.69, 9.17) is 10.2 Å². The van der Waals surface area contributed by atoms with Gasteiger partial charge in [0.15, 0.2) is 5.58 Å². The number of urea groups is 1. The lowest BCUT2D eigenvalue weighted by Gasteiger charge is -2.19. The van der Waals surface area contributed by atoms with Crippen LogP contribution in [0.4, 0.5) is 4.79 Å². The second-order valence-corrected chi connectivity index (χ2v) is 4.21. The third-order valence-corrected chi connectivity index (χ3v) is 3.13. The van der Waals surface area contributed by atoms with Crippen molar-refractivity contribution in [1.29, 1.82) is 0 Å². The Bertz CT molecular complexity index is 531. The van der Waals surface area contributed by atoms with Gasteiger partial charge in [0.2, 0.25) is 5.89 Å². The van der Waals surface area contributed by atoms with Crippen LogP contribution >= 0.6 is 0 Å². The molecule has 5 nitrogen and oxygen atoms in total. The molecule has 0 radical (unpaired) electrons. The fraction of sp³-hybridized carbons (Fsp3) is 0.333. The Morgan fingerprint density at radius 2 is 2.29 bits per heavy atom. The molecule has 0 spiro atoms. The van der Waals surface area contributed by atoms with Gasteiger partial charge in [-0.3, -0.25) is 0 Å². The average Bonchev–Trinajstić information content (AvgIpc) is 2.95. The van der Waals surface area contributed by atoms with Crippen molar-refractivity contribution >= 4 is 17.1 Å². The minimum Gasteiger partial charge on any atom is -0.438 e. The fourth-order valence-electron chi connectivity index (χ4n) is 2.32. The summed E-state index contributed by atoms with van der Waals surface area (Å²) in [5, 5.41) is 0. The SMILES string of the molecule is NC(=O)N1CCC[C@H]1c1nc2ccccc2o1. The van der Waals surface area contributed by atoms with Gasteiger partial charge in [-0.1, -0.05) is 12.1 Å². The number of amides is 2. The van der Waals surface area contributed by atoms with Crippen molar-refractivity contribution in [1.82, 2.24) is 9.88 Å². The zero-order valence-electron chi connectivity index (χ0n) is 9.30. The number of para-hydroxylation sites is 2. The summed E-state index contributed by atoms with van der Waals surface area (Å²) in [7, 11) is 0. The molecule has 0 saturated carbocycles. The van der Waals surface area contributed by atoms with Gasteiger partial charge in [0, 0.05) is 6.54 Å². The van der Waals surface area contributed by atoms with Crippen LogP contribution in [-0.4, -0.2) is 22.5 Å². The molecule has 1 fully saturated rings. The Balaban J connectivity index is 2.00. The molecule has 2 amide bonds. The minimum atomic E-state index is -0.408. The van der Waals surface area contributed by atoms with E-state index in [9.17, 15) is 4.79 Å². The third-order valence-electron chi connectivity index (χ3n) is 3.13. The molecule has 0 unspecified atom stereocenters. The van der Waals surface area contributed by atoms with Gasteiger partial charge < -0.3 is 15.1 Å². The van der Waals surface area contributed by atoms with Gasteiger partial charge in [-0.05, 0) is 25.0 Å². The number of rotatable bonds is 1. The number of nitrogens with two attached hydrogens (primary N) is 1. The molecule has 1 atom stereocenters. The monoisotopic (exact) mass is 231 g/mol. The lowest BCUT2D eigenvalue weighted by Crippen LogP contribution is -2.35. The maximum atomic E-state index is 11.3. The van der Waals surface area contributed by atoms with Crippen LogP contribution < -0.4 is 5.73 Å². The fourth-order valence-corrected chi connectivity index (χ4v) is 2.32. The van der Waals surface area contributed by atoms with Crippen molar-refractivity contribution in [2.75, 3.05) is 6.54 Å². The van der Waals surface area contributed by atoms with Crippen LogP contribution in [0.15, 0.2) is 28.7 Å². The number of primary amides is 1. The molecule has 1 aromatic carbocycles. The van der Waals surface area contributed by atoms with E-state index in [1.165, 1.54) is 0 Å². The molecule has 1 aliphatic heterocycles. The number of likely N-dealkylation sites (tertiary alicyclic amines) is 1. The van der Waals surface area contributed by atoms with Crippen LogP contribution in [0.2, 0.25) is 0 Å². The van der Waals surface area contributed by atoms with Gasteiger partial charge in [0.1, 0.15) is 11.6 Å². The zero-order valence-corrected chi connectivity index (χ0v) is 9.30. The highest BCUT2D eigenvalue weighted by molar-refractivity contribution is 5.74. The van der Waals surface area contributed by atoms with Crippen molar-refractivity contribution in [2.24, 2.45) is 5.73 Å². The number of hydrogen-bond donors (Lipinski definition) is 1. The first-order valence-electron chi connectivity index (χ1n) is 5.67. The molecule has 2 heterocycles. The van der Waals surface area contributed by atoms with Crippen LogP contribution in [0.3, 0.4) is 0 Å². The van der Waals surface area contributed by atoms with E-state index in [1.807, 2.05) is 24.3 Å². The summed E-state index contributed by atoms with van der Waals surface area (Å²) < 4.78 is 5.67. The van der Waals surface area contributed by atoms with Gasteiger partial charge in [-0.25, -0.2) is 9.78 Å². The van der Waals surface area contributed by atoms with Crippen LogP contribution in [0.5, 0.6) is 0 Å². The van der Waals surface area contributed by atoms with Crippen LogP contribution in [0.25, 0.3) is 11.1 Å². The lowest BCUT2D eigenvalue weighted by molar-refractivity contribution is 0.194. The maximum absolute atomic E-state index is 11.3. The van der Waals surface area contributed by atoms with Gasteiger partial charge in [-0.2, -0.15) is 0 Å². The highest BCUT2D eigenvalue weighted by atomic mass is 16.3. The second-order valence-electron chi connectivity index (χ2n) is 4.21. The zero-order chi connectivity index (χ0) is 11.8. The smallest absolute Gasteiger partial charge is 0.315 e. The predicted octanol–water partition coefficient (Wildman–Crippen LogP) is 2.04. The molecular formula is C12H13N3O2. The molecular weight excluding hydrogens is 218 g/mol. The number of nitrogens with zero attached hydrogens (tertiary/aromatic N) is 2. The number of aromatic nitrogens is 1. The van der Waals surface area contributed by atoms with Crippen LogP contribution in [0, 0.1) is 0 Å². The Hall–Kier alpha value is -2.04. The van der Waals surface area contributed by atoms with E-state index >= 15 is 0 Å². The average molecular weight is 231 g/mol. The van der Waals surface area contributed by atoms with Gasteiger partial charge in [-0.15, -0.1) is 0 Å². The standard InChI is InChI=1S/C12H13N3O2/c13-12(16)15-7-3-5-9(15)11-14-8-4-1-2-6-10(8)17-11/h1-2,4,6,9H,3,5,7H2,(H2,13,16)/t9-/m0/s1. The van der Waals surface area contributed by atoms with E-state index in [2.05, 4.69) is 4.98 Å². The quantitative estimate of drug-likeness (QED) is 0.816. The normalized spacial score (nSPS) is 20.0. The highest BCUT2D eigenvalue weighted by Gasteiger charge is 2.32. The topological polar surface area (TPSA) is 72.4 Å². The molecule has 0 aliphatic carbocycles. The summed E-state index contributed by atoms with van der Waals surface area (Å²) in [6.07, 6.45) is 1.79. The maximum Gasteiger partial charge on any atom is 0.315 e. The summed E-state index contributed by atoms with van der Waals surface area (Å²) >= 11 is 0. The van der Waals surface area contributed by atoms with E-state index in [0.717, 1.165) is 23.9 Å². The van der Waals surface area contributed by atoms with Crippen molar-refractivity contribution in [2.45, 2.75) is 18.9 Å². The molecule has 3 rings (SSSR count). The van der Waals surface area contributed by atoms with E-state index < -0.39 is 6.03 Å². The summed E-state index contributed by atoms with van der Waals surface area (Å²) in [6, 6.07) is 7.06. The second kappa shape index (κ2) is 3.76. The summed E-state index contributed by atoms with van der Waals surface area (Å²) in [6.45, 7) is 0.679. The van der Waals surface area contributed by atoms with Crippen molar-refractivity contribution in [3.63, 3.8) is 0 Å². The molecule has 1 saturated heterocycles. The first-order chi connectivity index (χ1) is 8.25. The number of carbonyl (C=O) groups excluding carboxylic acids is 1. The number of oxazole rings is 1. The van der Waals surface area contributed by atoms with Crippen LogP contribution in [-0.2, 0) is 0 Å². The first kappa shape index (κ1) is 10.1. The van der Waals surface area contributed by atoms with Gasteiger partial charge >= 0.3 is 6.03 Å². The number of hydrogen-bond acceptors (Lipinski definition) is 3. The molecule has 2 aromatic rings. The molecule has 17 heavy (non-hydrogen) atoms. The first-order valence-corrected chi connectivity index (χ1v) is 5.67. The molecule has 0 bridgehead atoms. The number of benzene rings is 1. The summed E-state index contributed by atoms with van der Waals surface area (Å²) in [5.74, 6) is 0.586. The molecule has 1 aromatic heterocycles. The Morgan fingerprint density at radius 3 is 3.06 bits per heavy atom. The Labute approximate surface area is 98.2 Å². The summed E-state index contributed by atoms with van der Waals surface area (Å²) in [4.78, 5) is 17.3. The number of fused-ring (bicyclic) bond motifs is 1. The highest BCUT2D eigenvalue weighted by Crippen LogP contribution is 2.32. The van der Waals surface area contributed by atoms with Gasteiger partial charge in [0.05, 0.1) is 0 Å². The largest absolute Gasteiger partial charge is 0.438 e. The third kappa shape index (κ3) is 1.63. The van der Waals surface area contributed by atoms with E-state index in [-0.39, 0.29) is 6.04 Å². The lowest BCUT2D eigenvalue weighted by atomic mass is 10.2. The van der Waals surface area contributed by atoms with Crippen molar-refractivity contribution in [3.8, 4) is 0 Å².